The number of piperidine rings is 1. The van der Waals surface area contributed by atoms with Gasteiger partial charge in [-0.1, -0.05) is 0 Å². The lowest BCUT2D eigenvalue weighted by molar-refractivity contribution is -0.0419. The van der Waals surface area contributed by atoms with Crippen LogP contribution in [-0.2, 0) is 4.74 Å². The third-order valence-electron chi connectivity index (χ3n) is 5.22. The Labute approximate surface area is 136 Å². The summed E-state index contributed by atoms with van der Waals surface area (Å²) in [6, 6.07) is 0.287. The Balaban J connectivity index is 1.57. The molecule has 2 aliphatic rings. The SMILES string of the molecule is Cc1scc(C(=O)N2CCC(C3CC(N)CCO3)CC2)c1C. The molecule has 122 valence electrons. The fraction of sp³-hybridized carbons (Fsp3) is 0.706. The first kappa shape index (κ1) is 16.0. The van der Waals surface area contributed by atoms with Crippen molar-refractivity contribution in [1.82, 2.24) is 4.90 Å². The van der Waals surface area contributed by atoms with Crippen LogP contribution in [0.3, 0.4) is 0 Å². The molecule has 1 aromatic rings. The zero-order valence-electron chi connectivity index (χ0n) is 13.5. The van der Waals surface area contributed by atoms with Crippen LogP contribution in [0.15, 0.2) is 5.38 Å². The molecule has 0 bridgehead atoms. The number of ether oxygens (including phenoxy) is 1. The number of carbonyl (C=O) groups excluding carboxylic acids is 1. The highest BCUT2D eigenvalue weighted by molar-refractivity contribution is 7.10. The van der Waals surface area contributed by atoms with Gasteiger partial charge < -0.3 is 15.4 Å². The highest BCUT2D eigenvalue weighted by Gasteiger charge is 2.32. The molecule has 0 radical (unpaired) electrons. The number of rotatable bonds is 2. The van der Waals surface area contributed by atoms with Crippen LogP contribution in [0.25, 0.3) is 0 Å². The molecule has 2 fully saturated rings. The molecule has 1 amide bonds. The maximum Gasteiger partial charge on any atom is 0.254 e. The molecule has 2 unspecified atom stereocenters. The summed E-state index contributed by atoms with van der Waals surface area (Å²) in [6.45, 7) is 6.59. The quantitative estimate of drug-likeness (QED) is 0.911. The van der Waals surface area contributed by atoms with E-state index in [1.165, 1.54) is 4.88 Å². The summed E-state index contributed by atoms with van der Waals surface area (Å²) in [5, 5.41) is 2.00. The van der Waals surface area contributed by atoms with Crippen molar-refractivity contribution < 1.29 is 9.53 Å². The molecule has 4 nitrogen and oxygen atoms in total. The van der Waals surface area contributed by atoms with Crippen LogP contribution in [0.2, 0.25) is 0 Å². The van der Waals surface area contributed by atoms with Crippen molar-refractivity contribution >= 4 is 17.2 Å². The van der Waals surface area contributed by atoms with Gasteiger partial charge in [0.1, 0.15) is 0 Å². The molecule has 3 rings (SSSR count). The predicted molar refractivity (Wildman–Crippen MR) is 89.4 cm³/mol. The van der Waals surface area contributed by atoms with Gasteiger partial charge in [0.2, 0.25) is 0 Å². The molecule has 5 heteroatoms. The normalized spacial score (nSPS) is 27.1. The van der Waals surface area contributed by atoms with Crippen LogP contribution in [0.1, 0.15) is 46.5 Å². The molecule has 3 heterocycles. The molecule has 1 aromatic heterocycles. The number of hydrogen-bond acceptors (Lipinski definition) is 4. The van der Waals surface area contributed by atoms with E-state index in [4.69, 9.17) is 10.5 Å². The van der Waals surface area contributed by atoms with Gasteiger partial charge in [-0.2, -0.15) is 0 Å². The van der Waals surface area contributed by atoms with E-state index in [0.29, 0.717) is 12.0 Å². The van der Waals surface area contributed by atoms with Crippen molar-refractivity contribution in [2.75, 3.05) is 19.7 Å². The second-order valence-electron chi connectivity index (χ2n) is 6.65. The van der Waals surface area contributed by atoms with Gasteiger partial charge in [-0.3, -0.25) is 4.79 Å². The lowest BCUT2D eigenvalue weighted by Crippen LogP contribution is -2.45. The Bertz CT molecular complexity index is 535. The second kappa shape index (κ2) is 6.69. The number of aryl methyl sites for hydroxylation is 1. The topological polar surface area (TPSA) is 55.6 Å². The molecule has 0 aliphatic carbocycles. The monoisotopic (exact) mass is 322 g/mol. The van der Waals surface area contributed by atoms with Crippen LogP contribution < -0.4 is 5.73 Å². The van der Waals surface area contributed by atoms with E-state index in [9.17, 15) is 4.79 Å². The van der Waals surface area contributed by atoms with Crippen LogP contribution in [0.4, 0.5) is 0 Å². The number of hydrogen-bond donors (Lipinski definition) is 1. The summed E-state index contributed by atoms with van der Waals surface area (Å²) < 4.78 is 5.91. The van der Waals surface area contributed by atoms with Gasteiger partial charge in [0.15, 0.2) is 0 Å². The molecule has 2 aliphatic heterocycles. The minimum absolute atomic E-state index is 0.196. The Morgan fingerprint density at radius 3 is 2.64 bits per heavy atom. The first-order valence-corrected chi connectivity index (χ1v) is 9.15. The first-order valence-electron chi connectivity index (χ1n) is 8.27. The van der Waals surface area contributed by atoms with Gasteiger partial charge >= 0.3 is 0 Å². The smallest absolute Gasteiger partial charge is 0.254 e. The van der Waals surface area contributed by atoms with Crippen molar-refractivity contribution in [2.24, 2.45) is 11.7 Å². The second-order valence-corrected chi connectivity index (χ2v) is 7.74. The van der Waals surface area contributed by atoms with E-state index in [1.807, 2.05) is 17.2 Å². The van der Waals surface area contributed by atoms with E-state index in [2.05, 4.69) is 6.92 Å². The van der Waals surface area contributed by atoms with E-state index in [1.54, 1.807) is 11.3 Å². The third kappa shape index (κ3) is 3.21. The van der Waals surface area contributed by atoms with E-state index < -0.39 is 0 Å². The van der Waals surface area contributed by atoms with Crippen LogP contribution in [0, 0.1) is 19.8 Å². The van der Waals surface area contributed by atoms with Crippen molar-refractivity contribution in [3.8, 4) is 0 Å². The Kier molecular flexibility index (Phi) is 4.85. The lowest BCUT2D eigenvalue weighted by atomic mass is 9.86. The average Bonchev–Trinajstić information content (AvgIpc) is 2.86. The van der Waals surface area contributed by atoms with E-state index in [-0.39, 0.29) is 11.9 Å². The van der Waals surface area contributed by atoms with Gasteiger partial charge in [-0.05, 0) is 51.0 Å². The molecular formula is C17H26N2O2S. The molecule has 2 saturated heterocycles. The molecule has 22 heavy (non-hydrogen) atoms. The zero-order valence-corrected chi connectivity index (χ0v) is 14.3. The number of nitrogens with two attached hydrogens (primary N) is 1. The van der Waals surface area contributed by atoms with Gasteiger partial charge in [0.05, 0.1) is 11.7 Å². The number of carbonyl (C=O) groups is 1. The number of nitrogens with zero attached hydrogens (tertiary/aromatic N) is 1. The van der Waals surface area contributed by atoms with Gasteiger partial charge in [-0.25, -0.2) is 0 Å². The zero-order chi connectivity index (χ0) is 15.7. The highest BCUT2D eigenvalue weighted by atomic mass is 32.1. The van der Waals surface area contributed by atoms with Gasteiger partial charge in [0, 0.05) is 36.0 Å². The summed E-state index contributed by atoms with van der Waals surface area (Å²) in [6.07, 6.45) is 4.31. The maximum atomic E-state index is 12.7. The summed E-state index contributed by atoms with van der Waals surface area (Å²) in [4.78, 5) is 15.9. The summed E-state index contributed by atoms with van der Waals surface area (Å²) in [5.41, 5.74) is 8.08. The van der Waals surface area contributed by atoms with Crippen molar-refractivity contribution in [3.05, 3.63) is 21.4 Å². The molecule has 2 atom stereocenters. The Morgan fingerprint density at radius 2 is 2.05 bits per heavy atom. The molecule has 2 N–H and O–H groups in total. The maximum absolute atomic E-state index is 12.7. The fourth-order valence-electron chi connectivity index (χ4n) is 3.55. The number of thiophene rings is 1. The Hall–Kier alpha value is -0.910. The molecule has 0 aromatic carbocycles. The summed E-state index contributed by atoms with van der Waals surface area (Å²) in [5.74, 6) is 0.752. The van der Waals surface area contributed by atoms with E-state index in [0.717, 1.165) is 56.5 Å². The lowest BCUT2D eigenvalue weighted by Gasteiger charge is -2.38. The van der Waals surface area contributed by atoms with Crippen molar-refractivity contribution in [3.63, 3.8) is 0 Å². The highest BCUT2D eigenvalue weighted by Crippen LogP contribution is 2.30. The van der Waals surface area contributed by atoms with Crippen LogP contribution >= 0.6 is 11.3 Å². The molecule has 0 saturated carbocycles. The van der Waals surface area contributed by atoms with Crippen LogP contribution in [0.5, 0.6) is 0 Å². The largest absolute Gasteiger partial charge is 0.378 e. The Morgan fingerprint density at radius 1 is 1.32 bits per heavy atom. The van der Waals surface area contributed by atoms with Gasteiger partial charge in [0.25, 0.3) is 5.91 Å². The fourth-order valence-corrected chi connectivity index (χ4v) is 4.41. The first-order chi connectivity index (χ1) is 10.6. The minimum atomic E-state index is 0.196. The number of amides is 1. The minimum Gasteiger partial charge on any atom is -0.378 e. The molecule has 0 spiro atoms. The number of likely N-dealkylation sites (tertiary alicyclic amines) is 1. The summed E-state index contributed by atoms with van der Waals surface area (Å²) in [7, 11) is 0. The molecular weight excluding hydrogens is 296 g/mol. The standard InChI is InChI=1S/C17H26N2O2S/c1-11-12(2)22-10-15(11)17(20)19-6-3-13(4-7-19)16-9-14(18)5-8-21-16/h10,13-14,16H,3-9,18H2,1-2H3. The van der Waals surface area contributed by atoms with Gasteiger partial charge in [-0.15, -0.1) is 11.3 Å². The van der Waals surface area contributed by atoms with Crippen LogP contribution in [-0.4, -0.2) is 42.6 Å². The average molecular weight is 322 g/mol. The van der Waals surface area contributed by atoms with E-state index >= 15 is 0 Å². The third-order valence-corrected chi connectivity index (χ3v) is 6.24. The predicted octanol–water partition coefficient (Wildman–Crippen LogP) is 2.72. The van der Waals surface area contributed by atoms with Crippen molar-refractivity contribution in [2.45, 2.75) is 51.7 Å². The van der Waals surface area contributed by atoms with Crippen molar-refractivity contribution in [1.29, 1.82) is 0 Å². The summed E-state index contributed by atoms with van der Waals surface area (Å²) >= 11 is 1.67.